The number of nitrogens with zero attached hydrogens (tertiary/aromatic N) is 1. The zero-order chi connectivity index (χ0) is 26.8. The van der Waals surface area contributed by atoms with Crippen molar-refractivity contribution < 1.29 is 41.3 Å². The highest BCUT2D eigenvalue weighted by Crippen LogP contribution is 2.69. The fourth-order valence-corrected chi connectivity index (χ4v) is 8.02. The Hall–Kier alpha value is -2.67. The minimum atomic E-state index is -5.10. The average molecular weight is 600 g/mol. The number of halogens is 4. The van der Waals surface area contributed by atoms with Crippen molar-refractivity contribution in [3.63, 3.8) is 0 Å². The van der Waals surface area contributed by atoms with Crippen molar-refractivity contribution in [2.75, 3.05) is 12.9 Å². The van der Waals surface area contributed by atoms with Crippen LogP contribution in [-0.4, -0.2) is 54.0 Å². The van der Waals surface area contributed by atoms with Crippen LogP contribution in [0.2, 0.25) is 0 Å². The molecule has 7 nitrogen and oxygen atoms in total. The number of aliphatic hydroxyl groups is 2. The van der Waals surface area contributed by atoms with Gasteiger partial charge in [-0.25, -0.2) is 8.42 Å². The molecule has 1 saturated carbocycles. The maximum Gasteiger partial charge on any atom is 0.402 e. The van der Waals surface area contributed by atoms with E-state index in [1.807, 2.05) is 0 Å². The molecule has 1 aromatic heterocycles. The Labute approximate surface area is 218 Å². The third-order valence-corrected chi connectivity index (χ3v) is 9.65. The third-order valence-electron chi connectivity index (χ3n) is 7.03. The second kappa shape index (κ2) is 8.69. The molecule has 2 heterocycles. The maximum absolute atomic E-state index is 13.5. The van der Waals surface area contributed by atoms with Gasteiger partial charge in [0.1, 0.15) is 28.6 Å². The van der Waals surface area contributed by atoms with Crippen LogP contribution >= 0.6 is 15.9 Å². The predicted molar refractivity (Wildman–Crippen MR) is 130 cm³/mol. The molecule has 2 N–H and O–H groups in total. The molecule has 0 spiro atoms. The van der Waals surface area contributed by atoms with E-state index < -0.39 is 50.2 Å². The Morgan fingerprint density at radius 1 is 1.11 bits per heavy atom. The topological polar surface area (TPSA) is 106 Å². The predicted octanol–water partition coefficient (Wildman–Crippen LogP) is 3.83. The van der Waals surface area contributed by atoms with Crippen molar-refractivity contribution in [3.05, 3.63) is 88.2 Å². The van der Waals surface area contributed by atoms with Crippen LogP contribution in [0, 0.1) is 0 Å². The van der Waals surface area contributed by atoms with E-state index in [2.05, 4.69) is 20.9 Å². The normalized spacial score (nSPS) is 28.9. The molecule has 1 aliphatic carbocycles. The van der Waals surface area contributed by atoms with Crippen LogP contribution in [0.4, 0.5) is 13.2 Å². The van der Waals surface area contributed by atoms with Gasteiger partial charge in [-0.1, -0.05) is 58.4 Å². The van der Waals surface area contributed by atoms with Crippen LogP contribution in [0.25, 0.3) is 0 Å². The first kappa shape index (κ1) is 26.0. The highest BCUT2D eigenvalue weighted by atomic mass is 79.9. The van der Waals surface area contributed by atoms with Gasteiger partial charge in [0.15, 0.2) is 21.0 Å². The Kier molecular flexibility index (Phi) is 6.09. The van der Waals surface area contributed by atoms with Crippen molar-refractivity contribution >= 4 is 25.8 Å². The first-order valence-electron chi connectivity index (χ1n) is 11.1. The molecule has 1 unspecified atom stereocenters. The molecule has 2 aliphatic rings. The molecule has 3 aromatic rings. The molecule has 0 radical (unpaired) electrons. The lowest BCUT2D eigenvalue weighted by molar-refractivity contribution is -0.149. The molecule has 12 heteroatoms. The number of sulfone groups is 1. The lowest BCUT2D eigenvalue weighted by atomic mass is 9.71. The monoisotopic (exact) mass is 599 g/mol. The van der Waals surface area contributed by atoms with Gasteiger partial charge < -0.3 is 19.7 Å². The number of hydrogen-bond acceptors (Lipinski definition) is 7. The third kappa shape index (κ3) is 3.76. The molecular formula is C25H21BrF3NO6S. The molecule has 2 aromatic carbocycles. The second-order valence-electron chi connectivity index (χ2n) is 9.05. The summed E-state index contributed by atoms with van der Waals surface area (Å²) in [7, 11) is -3.82. The number of methoxy groups -OCH3 is 1. The summed E-state index contributed by atoms with van der Waals surface area (Å²) < 4.78 is 79.7. The quantitative estimate of drug-likeness (QED) is 0.459. The van der Waals surface area contributed by atoms with E-state index in [0.717, 1.165) is 0 Å². The van der Waals surface area contributed by atoms with Gasteiger partial charge in [-0.05, 0) is 23.3 Å². The van der Waals surface area contributed by atoms with Crippen molar-refractivity contribution in [2.24, 2.45) is 0 Å². The summed E-state index contributed by atoms with van der Waals surface area (Å²) in [5.41, 5.74) is -4.18. The molecule has 37 heavy (non-hydrogen) atoms. The van der Waals surface area contributed by atoms with Crippen LogP contribution in [0.15, 0.2) is 71.5 Å². The molecule has 0 bridgehead atoms. The van der Waals surface area contributed by atoms with Gasteiger partial charge in [0.25, 0.3) is 0 Å². The van der Waals surface area contributed by atoms with Crippen molar-refractivity contribution in [1.29, 1.82) is 0 Å². The van der Waals surface area contributed by atoms with E-state index in [4.69, 9.17) is 9.47 Å². The minimum Gasteiger partial charge on any atom is -0.495 e. The van der Waals surface area contributed by atoms with E-state index >= 15 is 0 Å². The van der Waals surface area contributed by atoms with Crippen molar-refractivity contribution in [1.82, 2.24) is 4.98 Å². The SMILES string of the molecule is COc1cncc2c1[C@]1(O)[C@H](O)C(S(=O)(=O)CC(F)(F)F)[C@@H](c3ccccc3)[C@]1(c1ccc(Br)cc1)O2. The van der Waals surface area contributed by atoms with Gasteiger partial charge in [-0.3, -0.25) is 4.98 Å². The van der Waals surface area contributed by atoms with Gasteiger partial charge >= 0.3 is 6.18 Å². The van der Waals surface area contributed by atoms with Gasteiger partial charge in [0.2, 0.25) is 0 Å². The number of alkyl halides is 3. The van der Waals surface area contributed by atoms with Gasteiger partial charge in [-0.2, -0.15) is 13.2 Å². The molecular weight excluding hydrogens is 579 g/mol. The second-order valence-corrected chi connectivity index (χ2v) is 12.1. The Bertz CT molecular complexity index is 1440. The number of aliphatic hydroxyl groups excluding tert-OH is 1. The van der Waals surface area contributed by atoms with E-state index in [0.29, 0.717) is 4.47 Å². The van der Waals surface area contributed by atoms with E-state index in [1.165, 1.54) is 31.6 Å². The summed E-state index contributed by atoms with van der Waals surface area (Å²) in [5.74, 6) is -3.65. The lowest BCUT2D eigenvalue weighted by Gasteiger charge is -2.40. The Morgan fingerprint density at radius 2 is 1.76 bits per heavy atom. The summed E-state index contributed by atoms with van der Waals surface area (Å²) in [4.78, 5) is 4.05. The number of fused-ring (bicyclic) bond motifs is 3. The molecule has 5 atom stereocenters. The maximum atomic E-state index is 13.5. The molecule has 196 valence electrons. The number of ether oxygens (including phenoxy) is 2. The zero-order valence-corrected chi connectivity index (χ0v) is 21.6. The highest BCUT2D eigenvalue weighted by Gasteiger charge is 2.79. The van der Waals surface area contributed by atoms with Crippen LogP contribution < -0.4 is 9.47 Å². The minimum absolute atomic E-state index is 0.0106. The Balaban J connectivity index is 1.89. The standard InChI is InChI=1S/C25H21BrF3NO6S/c1-35-17-11-30-12-18-20(17)24(32)22(31)21(37(33,34)13-23(27,28)29)19(14-5-3-2-4-6-14)25(24,36-18)15-7-9-16(26)10-8-15/h2-12,19,21-22,31-32H,13H2,1H3/t19-,21?,22-,24+,25+/m1/s1. The average Bonchev–Trinajstić information content (AvgIpc) is 3.22. The van der Waals surface area contributed by atoms with Crippen molar-refractivity contribution in [3.8, 4) is 11.5 Å². The summed E-state index contributed by atoms with van der Waals surface area (Å²) in [6, 6.07) is 14.3. The molecule has 0 amide bonds. The highest BCUT2D eigenvalue weighted by molar-refractivity contribution is 9.10. The summed E-state index contributed by atoms with van der Waals surface area (Å²) in [6.45, 7) is 0. The fraction of sp³-hybridized carbons (Fsp3) is 0.320. The van der Waals surface area contributed by atoms with E-state index in [1.54, 1.807) is 42.5 Å². The van der Waals surface area contributed by atoms with Crippen LogP contribution in [0.1, 0.15) is 22.6 Å². The summed E-state index contributed by atoms with van der Waals surface area (Å²) in [6.07, 6.45) is -4.78. The summed E-state index contributed by atoms with van der Waals surface area (Å²) >= 11 is 3.33. The smallest absolute Gasteiger partial charge is 0.402 e. The van der Waals surface area contributed by atoms with Gasteiger partial charge in [-0.15, -0.1) is 0 Å². The molecule has 0 saturated heterocycles. The van der Waals surface area contributed by atoms with Crippen molar-refractivity contribution in [2.45, 2.75) is 34.7 Å². The van der Waals surface area contributed by atoms with E-state index in [-0.39, 0.29) is 28.2 Å². The van der Waals surface area contributed by atoms with Crippen LogP contribution in [0.5, 0.6) is 11.5 Å². The van der Waals surface area contributed by atoms with E-state index in [9.17, 15) is 31.8 Å². The molecule has 1 fully saturated rings. The largest absolute Gasteiger partial charge is 0.495 e. The fourth-order valence-electron chi connectivity index (χ4n) is 5.76. The summed E-state index contributed by atoms with van der Waals surface area (Å²) in [5, 5.41) is 22.0. The first-order valence-corrected chi connectivity index (χ1v) is 13.6. The lowest BCUT2D eigenvalue weighted by Crippen LogP contribution is -2.52. The zero-order valence-electron chi connectivity index (χ0n) is 19.2. The number of rotatable bonds is 5. The first-order chi connectivity index (χ1) is 17.4. The van der Waals surface area contributed by atoms with Gasteiger partial charge in [0.05, 0.1) is 31.0 Å². The number of benzene rings is 2. The van der Waals surface area contributed by atoms with Crippen LogP contribution in [0.3, 0.4) is 0 Å². The Morgan fingerprint density at radius 3 is 2.35 bits per heavy atom. The van der Waals surface area contributed by atoms with Gasteiger partial charge in [0, 0.05) is 4.47 Å². The number of hydrogen-bond donors (Lipinski definition) is 2. The number of pyridine rings is 1. The molecule has 1 aliphatic heterocycles. The molecule has 5 rings (SSSR count). The number of aromatic nitrogens is 1. The van der Waals surface area contributed by atoms with Crippen LogP contribution in [-0.2, 0) is 21.0 Å².